The SMILES string of the molecule is Nc1cc(CBr)c2scc(S)c2c1. The number of hydrogen-bond acceptors (Lipinski definition) is 3. The first-order valence-electron chi connectivity index (χ1n) is 3.77. The van der Waals surface area contributed by atoms with E-state index < -0.39 is 0 Å². The zero-order valence-electron chi connectivity index (χ0n) is 6.75. The van der Waals surface area contributed by atoms with Gasteiger partial charge in [0.25, 0.3) is 0 Å². The number of rotatable bonds is 1. The molecule has 0 saturated heterocycles. The first-order chi connectivity index (χ1) is 6.22. The molecule has 0 atom stereocenters. The van der Waals surface area contributed by atoms with Crippen molar-refractivity contribution in [3.05, 3.63) is 23.1 Å². The summed E-state index contributed by atoms with van der Waals surface area (Å²) in [6, 6.07) is 3.97. The van der Waals surface area contributed by atoms with Crippen molar-refractivity contribution in [1.82, 2.24) is 0 Å². The van der Waals surface area contributed by atoms with Gasteiger partial charge in [-0.15, -0.1) is 24.0 Å². The minimum atomic E-state index is 0.802. The van der Waals surface area contributed by atoms with Gasteiger partial charge in [-0.2, -0.15) is 0 Å². The van der Waals surface area contributed by atoms with E-state index in [1.54, 1.807) is 11.3 Å². The van der Waals surface area contributed by atoms with Gasteiger partial charge in [-0.3, -0.25) is 0 Å². The number of nitrogen functional groups attached to an aromatic ring is 1. The van der Waals surface area contributed by atoms with Crippen molar-refractivity contribution in [1.29, 1.82) is 0 Å². The molecular weight excluding hydrogens is 266 g/mol. The number of benzene rings is 1. The zero-order chi connectivity index (χ0) is 9.42. The lowest BCUT2D eigenvalue weighted by Crippen LogP contribution is -1.86. The van der Waals surface area contributed by atoms with Crippen molar-refractivity contribution in [2.24, 2.45) is 0 Å². The molecule has 1 aromatic carbocycles. The average Bonchev–Trinajstić information content (AvgIpc) is 2.47. The maximum absolute atomic E-state index is 5.78. The topological polar surface area (TPSA) is 26.0 Å². The highest BCUT2D eigenvalue weighted by Crippen LogP contribution is 2.34. The summed E-state index contributed by atoms with van der Waals surface area (Å²) in [4.78, 5) is 1.01. The molecule has 1 heterocycles. The lowest BCUT2D eigenvalue weighted by Gasteiger charge is -2.01. The van der Waals surface area contributed by atoms with Gasteiger partial charge in [0.15, 0.2) is 0 Å². The molecule has 0 saturated carbocycles. The minimum absolute atomic E-state index is 0.802. The van der Waals surface area contributed by atoms with Crippen LogP contribution in [0.2, 0.25) is 0 Å². The number of thiophene rings is 1. The van der Waals surface area contributed by atoms with Gasteiger partial charge in [0.1, 0.15) is 0 Å². The van der Waals surface area contributed by atoms with Crippen molar-refractivity contribution >= 4 is 55.7 Å². The third-order valence-electron chi connectivity index (χ3n) is 1.90. The van der Waals surface area contributed by atoms with Gasteiger partial charge in [0.2, 0.25) is 0 Å². The molecule has 68 valence electrons. The summed E-state index contributed by atoms with van der Waals surface area (Å²) in [6.45, 7) is 0. The van der Waals surface area contributed by atoms with E-state index in [1.165, 1.54) is 10.3 Å². The summed E-state index contributed by atoms with van der Waals surface area (Å²) in [5.74, 6) is 0. The lowest BCUT2D eigenvalue weighted by molar-refractivity contribution is 1.50. The molecule has 0 fully saturated rings. The largest absolute Gasteiger partial charge is 0.399 e. The van der Waals surface area contributed by atoms with E-state index in [4.69, 9.17) is 5.73 Å². The molecular formula is C9H8BrNS2. The van der Waals surface area contributed by atoms with Crippen LogP contribution in [0, 0.1) is 0 Å². The van der Waals surface area contributed by atoms with Crippen LogP contribution in [-0.4, -0.2) is 0 Å². The van der Waals surface area contributed by atoms with Crippen LogP contribution in [0.15, 0.2) is 22.4 Å². The van der Waals surface area contributed by atoms with Crippen LogP contribution in [0.25, 0.3) is 10.1 Å². The van der Waals surface area contributed by atoms with Gasteiger partial charge in [0.05, 0.1) is 0 Å². The van der Waals surface area contributed by atoms with E-state index >= 15 is 0 Å². The van der Waals surface area contributed by atoms with Crippen molar-refractivity contribution in [2.75, 3.05) is 5.73 Å². The number of nitrogens with two attached hydrogens (primary N) is 1. The number of thiol groups is 1. The number of alkyl halides is 1. The number of hydrogen-bond donors (Lipinski definition) is 2. The summed E-state index contributed by atoms with van der Waals surface area (Å²) in [6.07, 6.45) is 0. The molecule has 2 aromatic rings. The van der Waals surface area contributed by atoms with Crippen molar-refractivity contribution < 1.29 is 0 Å². The summed E-state index contributed by atoms with van der Waals surface area (Å²) in [5.41, 5.74) is 7.82. The highest BCUT2D eigenvalue weighted by Gasteiger charge is 2.06. The first kappa shape index (κ1) is 9.37. The number of halogens is 1. The Morgan fingerprint density at radius 3 is 2.92 bits per heavy atom. The van der Waals surface area contributed by atoms with Crippen LogP contribution in [0.4, 0.5) is 5.69 Å². The Morgan fingerprint density at radius 1 is 1.46 bits per heavy atom. The van der Waals surface area contributed by atoms with Crippen molar-refractivity contribution in [3.63, 3.8) is 0 Å². The Hall–Kier alpha value is -0.190. The summed E-state index contributed by atoms with van der Waals surface area (Å²) >= 11 is 9.53. The normalized spacial score (nSPS) is 10.9. The maximum Gasteiger partial charge on any atom is 0.0396 e. The predicted molar refractivity (Wildman–Crippen MR) is 66.1 cm³/mol. The monoisotopic (exact) mass is 273 g/mol. The summed E-state index contributed by atoms with van der Waals surface area (Å²) in [7, 11) is 0. The molecule has 13 heavy (non-hydrogen) atoms. The van der Waals surface area contributed by atoms with Crippen LogP contribution in [0.5, 0.6) is 0 Å². The Bertz CT molecular complexity index is 450. The second-order valence-corrected chi connectivity index (χ2v) is 4.73. The van der Waals surface area contributed by atoms with Gasteiger partial charge in [-0.05, 0) is 17.7 Å². The third kappa shape index (κ3) is 1.58. The molecule has 0 aliphatic heterocycles. The Labute approximate surface area is 94.5 Å². The van der Waals surface area contributed by atoms with Crippen LogP contribution in [-0.2, 0) is 5.33 Å². The van der Waals surface area contributed by atoms with Gasteiger partial charge < -0.3 is 5.73 Å². The highest BCUT2D eigenvalue weighted by atomic mass is 79.9. The average molecular weight is 274 g/mol. The van der Waals surface area contributed by atoms with Crippen LogP contribution < -0.4 is 5.73 Å². The molecule has 2 rings (SSSR count). The minimum Gasteiger partial charge on any atom is -0.399 e. The quantitative estimate of drug-likeness (QED) is 0.463. The van der Waals surface area contributed by atoms with E-state index in [1.807, 2.05) is 17.5 Å². The Kier molecular flexibility index (Phi) is 2.53. The molecule has 0 aliphatic rings. The fraction of sp³-hybridized carbons (Fsp3) is 0.111. The molecule has 0 unspecified atom stereocenters. The second-order valence-electron chi connectivity index (χ2n) is 2.81. The molecule has 0 radical (unpaired) electrons. The molecule has 0 bridgehead atoms. The van der Waals surface area contributed by atoms with E-state index in [0.29, 0.717) is 0 Å². The van der Waals surface area contributed by atoms with E-state index in [2.05, 4.69) is 28.6 Å². The Balaban J connectivity index is 2.84. The molecule has 1 aromatic heterocycles. The van der Waals surface area contributed by atoms with Crippen molar-refractivity contribution in [2.45, 2.75) is 10.2 Å². The van der Waals surface area contributed by atoms with E-state index in [-0.39, 0.29) is 0 Å². The van der Waals surface area contributed by atoms with Gasteiger partial charge >= 0.3 is 0 Å². The molecule has 0 spiro atoms. The standard InChI is InChI=1S/C9H8BrNS2/c10-3-5-1-6(11)2-7-8(12)4-13-9(5)7/h1-2,4,12H,3,11H2. The van der Waals surface area contributed by atoms with Crippen LogP contribution >= 0.6 is 39.9 Å². The van der Waals surface area contributed by atoms with Gasteiger partial charge in [0, 0.05) is 31.4 Å². The van der Waals surface area contributed by atoms with Gasteiger partial charge in [-0.25, -0.2) is 0 Å². The fourth-order valence-electron chi connectivity index (χ4n) is 1.32. The van der Waals surface area contributed by atoms with E-state index in [9.17, 15) is 0 Å². The lowest BCUT2D eigenvalue weighted by atomic mass is 10.1. The van der Waals surface area contributed by atoms with Crippen molar-refractivity contribution in [3.8, 4) is 0 Å². The third-order valence-corrected chi connectivity index (χ3v) is 4.12. The number of fused-ring (bicyclic) bond motifs is 1. The molecule has 4 heteroatoms. The molecule has 0 aliphatic carbocycles. The molecule has 0 amide bonds. The zero-order valence-corrected chi connectivity index (χ0v) is 10.0. The highest BCUT2D eigenvalue weighted by molar-refractivity contribution is 9.08. The second kappa shape index (κ2) is 3.52. The van der Waals surface area contributed by atoms with Crippen LogP contribution in [0.1, 0.15) is 5.56 Å². The maximum atomic E-state index is 5.78. The number of anilines is 1. The fourth-order valence-corrected chi connectivity index (χ4v) is 3.29. The van der Waals surface area contributed by atoms with Crippen LogP contribution in [0.3, 0.4) is 0 Å². The smallest absolute Gasteiger partial charge is 0.0396 e. The Morgan fingerprint density at radius 2 is 2.23 bits per heavy atom. The first-order valence-corrected chi connectivity index (χ1v) is 6.21. The summed E-state index contributed by atoms with van der Waals surface area (Å²) < 4.78 is 1.27. The van der Waals surface area contributed by atoms with E-state index in [0.717, 1.165) is 21.3 Å². The molecule has 2 N–H and O–H groups in total. The van der Waals surface area contributed by atoms with Gasteiger partial charge in [-0.1, -0.05) is 15.9 Å². The predicted octanol–water partition coefficient (Wildman–Crippen LogP) is 3.67. The summed E-state index contributed by atoms with van der Waals surface area (Å²) in [5, 5.41) is 4.03. The molecule has 1 nitrogen and oxygen atoms in total.